The Bertz CT molecular complexity index is 626. The van der Waals surface area contributed by atoms with Crippen LogP contribution in [-0.4, -0.2) is 12.0 Å². The number of aryl methyl sites for hydroxylation is 1. The lowest BCUT2D eigenvalue weighted by Gasteiger charge is -2.11. The lowest BCUT2D eigenvalue weighted by Crippen LogP contribution is -2.04. The Morgan fingerprint density at radius 2 is 2.00 bits per heavy atom. The molecule has 104 valence electrons. The van der Waals surface area contributed by atoms with Crippen molar-refractivity contribution in [2.45, 2.75) is 13.5 Å². The van der Waals surface area contributed by atoms with Crippen molar-refractivity contribution in [1.82, 2.24) is 0 Å². The number of nitro benzene ring substituents is 1. The van der Waals surface area contributed by atoms with Crippen LogP contribution in [0.15, 0.2) is 42.5 Å². The molecule has 0 amide bonds. The molecule has 0 fully saturated rings. The minimum Gasteiger partial charge on any atom is -0.496 e. The highest BCUT2D eigenvalue weighted by Gasteiger charge is 2.13. The van der Waals surface area contributed by atoms with Crippen LogP contribution in [0.2, 0.25) is 0 Å². The van der Waals surface area contributed by atoms with E-state index in [9.17, 15) is 10.1 Å². The largest absolute Gasteiger partial charge is 0.496 e. The standard InChI is InChI=1S/C15H16N2O3/c1-11-7-8-14(17(18)19)13(9-11)16-10-12-5-3-4-6-15(12)20-2/h3-9,16H,10H2,1-2H3. The molecular weight excluding hydrogens is 256 g/mol. The van der Waals surface area contributed by atoms with Gasteiger partial charge in [0.15, 0.2) is 0 Å². The molecule has 1 N–H and O–H groups in total. The number of hydrogen-bond acceptors (Lipinski definition) is 4. The van der Waals surface area contributed by atoms with Crippen LogP contribution >= 0.6 is 0 Å². The van der Waals surface area contributed by atoms with Gasteiger partial charge in [-0.25, -0.2) is 0 Å². The molecule has 0 aliphatic rings. The zero-order chi connectivity index (χ0) is 14.5. The monoisotopic (exact) mass is 272 g/mol. The zero-order valence-corrected chi connectivity index (χ0v) is 11.4. The summed E-state index contributed by atoms with van der Waals surface area (Å²) in [7, 11) is 1.61. The summed E-state index contributed by atoms with van der Waals surface area (Å²) in [5.41, 5.74) is 2.51. The molecule has 0 radical (unpaired) electrons. The predicted molar refractivity (Wildman–Crippen MR) is 78.2 cm³/mol. The van der Waals surface area contributed by atoms with Crippen molar-refractivity contribution in [3.8, 4) is 5.75 Å². The first-order valence-electron chi connectivity index (χ1n) is 6.22. The van der Waals surface area contributed by atoms with Gasteiger partial charge in [0, 0.05) is 18.2 Å². The molecule has 2 aromatic carbocycles. The maximum Gasteiger partial charge on any atom is 0.292 e. The van der Waals surface area contributed by atoms with Crippen LogP contribution in [0.1, 0.15) is 11.1 Å². The molecule has 0 heterocycles. The van der Waals surface area contributed by atoms with Crippen LogP contribution in [0, 0.1) is 17.0 Å². The van der Waals surface area contributed by atoms with E-state index in [1.807, 2.05) is 31.2 Å². The number of ether oxygens (including phenoxy) is 1. The Morgan fingerprint density at radius 1 is 1.25 bits per heavy atom. The molecule has 0 spiro atoms. The van der Waals surface area contributed by atoms with Crippen molar-refractivity contribution in [3.63, 3.8) is 0 Å². The third-order valence-electron chi connectivity index (χ3n) is 3.01. The van der Waals surface area contributed by atoms with Gasteiger partial charge >= 0.3 is 0 Å². The van der Waals surface area contributed by atoms with E-state index in [0.717, 1.165) is 16.9 Å². The van der Waals surface area contributed by atoms with Gasteiger partial charge in [-0.15, -0.1) is 0 Å². The molecule has 2 rings (SSSR count). The molecule has 0 saturated heterocycles. The Hall–Kier alpha value is -2.56. The molecule has 5 nitrogen and oxygen atoms in total. The van der Waals surface area contributed by atoms with Gasteiger partial charge in [0.1, 0.15) is 11.4 Å². The molecule has 5 heteroatoms. The minimum atomic E-state index is -0.385. The fourth-order valence-electron chi connectivity index (χ4n) is 1.99. The SMILES string of the molecule is COc1ccccc1CNc1cc(C)ccc1[N+](=O)[O-]. The normalized spacial score (nSPS) is 10.1. The number of hydrogen-bond donors (Lipinski definition) is 1. The number of methoxy groups -OCH3 is 1. The van der Waals surface area contributed by atoms with Gasteiger partial charge < -0.3 is 10.1 Å². The maximum absolute atomic E-state index is 11.0. The summed E-state index contributed by atoms with van der Waals surface area (Å²) < 4.78 is 5.26. The summed E-state index contributed by atoms with van der Waals surface area (Å²) in [6.07, 6.45) is 0. The Balaban J connectivity index is 2.22. The summed E-state index contributed by atoms with van der Waals surface area (Å²) in [6.45, 7) is 2.37. The van der Waals surface area contributed by atoms with Crippen LogP contribution in [0.3, 0.4) is 0 Å². The molecule has 0 bridgehead atoms. The third kappa shape index (κ3) is 3.06. The predicted octanol–water partition coefficient (Wildman–Crippen LogP) is 3.52. The third-order valence-corrected chi connectivity index (χ3v) is 3.01. The number of para-hydroxylation sites is 1. The van der Waals surface area contributed by atoms with Crippen molar-refractivity contribution in [2.24, 2.45) is 0 Å². The average molecular weight is 272 g/mol. The lowest BCUT2D eigenvalue weighted by atomic mass is 10.1. The number of nitrogens with zero attached hydrogens (tertiary/aromatic N) is 1. The van der Waals surface area contributed by atoms with Crippen molar-refractivity contribution >= 4 is 11.4 Å². The van der Waals surface area contributed by atoms with Crippen LogP contribution < -0.4 is 10.1 Å². The summed E-state index contributed by atoms with van der Waals surface area (Å²) in [5, 5.41) is 14.1. The fourth-order valence-corrected chi connectivity index (χ4v) is 1.99. The summed E-state index contributed by atoms with van der Waals surface area (Å²) >= 11 is 0. The van der Waals surface area contributed by atoms with Gasteiger partial charge in [-0.3, -0.25) is 10.1 Å². The van der Waals surface area contributed by atoms with E-state index in [-0.39, 0.29) is 10.6 Å². The quantitative estimate of drug-likeness (QED) is 0.668. The van der Waals surface area contributed by atoms with Crippen LogP contribution in [0.5, 0.6) is 5.75 Å². The Kier molecular flexibility index (Phi) is 4.20. The molecule has 2 aromatic rings. The van der Waals surface area contributed by atoms with Gasteiger partial charge in [0.2, 0.25) is 0 Å². The highest BCUT2D eigenvalue weighted by molar-refractivity contribution is 5.63. The molecular formula is C15H16N2O3. The number of anilines is 1. The van der Waals surface area contributed by atoms with Crippen LogP contribution in [0.25, 0.3) is 0 Å². The van der Waals surface area contributed by atoms with Gasteiger partial charge in [-0.05, 0) is 24.6 Å². The van der Waals surface area contributed by atoms with E-state index < -0.39 is 0 Å². The summed E-state index contributed by atoms with van der Waals surface area (Å²) in [6, 6.07) is 12.6. The lowest BCUT2D eigenvalue weighted by molar-refractivity contribution is -0.384. The van der Waals surface area contributed by atoms with E-state index in [4.69, 9.17) is 4.74 Å². The van der Waals surface area contributed by atoms with Gasteiger partial charge in [-0.1, -0.05) is 24.3 Å². The molecule has 0 aliphatic carbocycles. The van der Waals surface area contributed by atoms with E-state index in [0.29, 0.717) is 12.2 Å². The first-order chi connectivity index (χ1) is 9.61. The second-order valence-electron chi connectivity index (χ2n) is 4.44. The Labute approximate surface area is 117 Å². The van der Waals surface area contributed by atoms with Crippen molar-refractivity contribution in [1.29, 1.82) is 0 Å². The molecule has 0 unspecified atom stereocenters. The fraction of sp³-hybridized carbons (Fsp3) is 0.200. The van der Waals surface area contributed by atoms with Gasteiger partial charge in [0.25, 0.3) is 5.69 Å². The van der Waals surface area contributed by atoms with Crippen molar-refractivity contribution in [2.75, 3.05) is 12.4 Å². The van der Waals surface area contributed by atoms with Crippen molar-refractivity contribution in [3.05, 3.63) is 63.7 Å². The molecule has 0 aliphatic heterocycles. The summed E-state index contributed by atoms with van der Waals surface area (Å²) in [4.78, 5) is 10.6. The van der Waals surface area contributed by atoms with Crippen LogP contribution in [0.4, 0.5) is 11.4 Å². The first kappa shape index (κ1) is 13.9. The minimum absolute atomic E-state index is 0.0745. The smallest absolute Gasteiger partial charge is 0.292 e. The molecule has 0 atom stereocenters. The topological polar surface area (TPSA) is 64.4 Å². The van der Waals surface area contributed by atoms with Crippen LogP contribution in [-0.2, 0) is 6.54 Å². The van der Waals surface area contributed by atoms with E-state index in [1.54, 1.807) is 19.2 Å². The van der Waals surface area contributed by atoms with Crippen molar-refractivity contribution < 1.29 is 9.66 Å². The molecule has 0 saturated carbocycles. The zero-order valence-electron chi connectivity index (χ0n) is 11.4. The van der Waals surface area contributed by atoms with E-state index in [2.05, 4.69) is 5.32 Å². The van der Waals surface area contributed by atoms with Gasteiger partial charge in [0.05, 0.1) is 12.0 Å². The van der Waals surface area contributed by atoms with Gasteiger partial charge in [-0.2, -0.15) is 0 Å². The molecule has 0 aromatic heterocycles. The number of rotatable bonds is 5. The Morgan fingerprint density at radius 3 is 2.70 bits per heavy atom. The average Bonchev–Trinajstić information content (AvgIpc) is 2.45. The van der Waals surface area contributed by atoms with E-state index in [1.165, 1.54) is 6.07 Å². The second kappa shape index (κ2) is 6.06. The second-order valence-corrected chi connectivity index (χ2v) is 4.44. The number of benzene rings is 2. The highest BCUT2D eigenvalue weighted by atomic mass is 16.6. The highest BCUT2D eigenvalue weighted by Crippen LogP contribution is 2.27. The number of nitrogens with one attached hydrogen (secondary N) is 1. The molecule has 20 heavy (non-hydrogen) atoms. The number of nitro groups is 1. The first-order valence-corrected chi connectivity index (χ1v) is 6.22. The van der Waals surface area contributed by atoms with E-state index >= 15 is 0 Å². The summed E-state index contributed by atoms with van der Waals surface area (Å²) in [5.74, 6) is 0.760. The maximum atomic E-state index is 11.0.